The van der Waals surface area contributed by atoms with Gasteiger partial charge >= 0.3 is 0 Å². The fraction of sp³-hybridized carbons (Fsp3) is 0.391. The molecule has 1 aliphatic carbocycles. The van der Waals surface area contributed by atoms with Crippen LogP contribution in [0.5, 0.6) is 0 Å². The zero-order chi connectivity index (χ0) is 19.9. The van der Waals surface area contributed by atoms with Gasteiger partial charge in [-0.1, -0.05) is 36.4 Å². The maximum absolute atomic E-state index is 12.7. The molecule has 148 valence electrons. The molecule has 2 amide bonds. The minimum absolute atomic E-state index is 0.0588. The normalized spacial score (nSPS) is 14.5. The lowest BCUT2D eigenvalue weighted by molar-refractivity contribution is -0.118. The second kappa shape index (κ2) is 9.51. The van der Waals surface area contributed by atoms with Crippen LogP contribution in [0.4, 0.5) is 5.69 Å². The Morgan fingerprint density at radius 3 is 2.54 bits per heavy atom. The highest BCUT2D eigenvalue weighted by atomic mass is 16.2. The molecule has 1 atom stereocenters. The lowest BCUT2D eigenvalue weighted by Gasteiger charge is -2.28. The van der Waals surface area contributed by atoms with Gasteiger partial charge in [-0.15, -0.1) is 0 Å². The molecule has 0 radical (unpaired) electrons. The summed E-state index contributed by atoms with van der Waals surface area (Å²) in [5.41, 5.74) is 2.40. The summed E-state index contributed by atoms with van der Waals surface area (Å²) in [5.74, 6) is 0.487. The van der Waals surface area contributed by atoms with Gasteiger partial charge in [0.25, 0.3) is 5.91 Å². The van der Waals surface area contributed by atoms with Gasteiger partial charge in [0.05, 0.1) is 6.54 Å². The number of nitrogens with zero attached hydrogens (tertiary/aromatic N) is 1. The summed E-state index contributed by atoms with van der Waals surface area (Å²) < 4.78 is 0. The van der Waals surface area contributed by atoms with Crippen molar-refractivity contribution in [3.8, 4) is 0 Å². The number of carbonyl (C=O) groups excluding carboxylic acids is 2. The zero-order valence-corrected chi connectivity index (χ0v) is 16.7. The Kier molecular flexibility index (Phi) is 6.82. The van der Waals surface area contributed by atoms with Crippen LogP contribution < -0.4 is 10.6 Å². The number of amides is 2. The van der Waals surface area contributed by atoms with E-state index < -0.39 is 0 Å². The van der Waals surface area contributed by atoms with Crippen LogP contribution in [0.1, 0.15) is 42.6 Å². The van der Waals surface area contributed by atoms with E-state index in [0.29, 0.717) is 36.3 Å². The van der Waals surface area contributed by atoms with Crippen molar-refractivity contribution in [2.45, 2.75) is 39.3 Å². The summed E-state index contributed by atoms with van der Waals surface area (Å²) in [6.07, 6.45) is 2.48. The Labute approximate surface area is 167 Å². The molecule has 0 saturated heterocycles. The molecule has 1 unspecified atom stereocenters. The molecular weight excluding hydrogens is 350 g/mol. The maximum atomic E-state index is 12.7. The summed E-state index contributed by atoms with van der Waals surface area (Å²) in [6, 6.07) is 17.7. The van der Waals surface area contributed by atoms with Gasteiger partial charge < -0.3 is 10.6 Å². The van der Waals surface area contributed by atoms with E-state index in [-0.39, 0.29) is 11.8 Å². The first-order valence-corrected chi connectivity index (χ1v) is 10.0. The van der Waals surface area contributed by atoms with Crippen LogP contribution in [0.25, 0.3) is 0 Å². The van der Waals surface area contributed by atoms with Gasteiger partial charge in [0.2, 0.25) is 5.91 Å². The molecule has 2 aromatic carbocycles. The molecule has 0 spiro atoms. The average molecular weight is 380 g/mol. The third-order valence-corrected chi connectivity index (χ3v) is 5.20. The fourth-order valence-electron chi connectivity index (χ4n) is 3.42. The van der Waals surface area contributed by atoms with Gasteiger partial charge in [-0.05, 0) is 56.4 Å². The first-order chi connectivity index (χ1) is 13.6. The smallest absolute Gasteiger partial charge is 0.251 e. The van der Waals surface area contributed by atoms with Crippen molar-refractivity contribution in [3.05, 3.63) is 65.7 Å². The molecule has 5 nitrogen and oxygen atoms in total. The molecule has 1 fully saturated rings. The summed E-state index contributed by atoms with van der Waals surface area (Å²) in [4.78, 5) is 27.0. The standard InChI is InChI=1S/C23H29N3O2/c1-3-24-23(28)20-10-7-11-21(14-20)25-22(27)16-26(17(2)19-12-13-19)15-18-8-5-4-6-9-18/h4-11,14,17,19H,3,12-13,15-16H2,1-2H3,(H,24,28)(H,25,27). The van der Waals surface area contributed by atoms with Crippen molar-refractivity contribution in [2.75, 3.05) is 18.4 Å². The first-order valence-electron chi connectivity index (χ1n) is 10.0. The highest BCUT2D eigenvalue weighted by molar-refractivity contribution is 5.97. The Morgan fingerprint density at radius 2 is 1.86 bits per heavy atom. The van der Waals surface area contributed by atoms with Crippen LogP contribution in [0.2, 0.25) is 0 Å². The van der Waals surface area contributed by atoms with Crippen molar-refractivity contribution in [1.29, 1.82) is 0 Å². The molecule has 2 N–H and O–H groups in total. The van der Waals surface area contributed by atoms with Crippen molar-refractivity contribution in [2.24, 2.45) is 5.92 Å². The lowest BCUT2D eigenvalue weighted by atomic mass is 10.1. The van der Waals surface area contributed by atoms with Crippen LogP contribution in [-0.2, 0) is 11.3 Å². The molecule has 1 aliphatic rings. The van der Waals surface area contributed by atoms with Crippen molar-refractivity contribution < 1.29 is 9.59 Å². The molecule has 28 heavy (non-hydrogen) atoms. The molecular formula is C23H29N3O2. The molecule has 5 heteroatoms. The number of hydrogen-bond donors (Lipinski definition) is 2. The monoisotopic (exact) mass is 379 g/mol. The molecule has 0 bridgehead atoms. The minimum Gasteiger partial charge on any atom is -0.352 e. The van der Waals surface area contributed by atoms with Crippen molar-refractivity contribution >= 4 is 17.5 Å². The maximum Gasteiger partial charge on any atom is 0.251 e. The van der Waals surface area contributed by atoms with Crippen LogP contribution >= 0.6 is 0 Å². The van der Waals surface area contributed by atoms with Crippen molar-refractivity contribution in [3.63, 3.8) is 0 Å². The number of benzene rings is 2. The van der Waals surface area contributed by atoms with Crippen LogP contribution in [-0.4, -0.2) is 35.8 Å². The number of anilines is 1. The molecule has 0 heterocycles. The van der Waals surface area contributed by atoms with Crippen LogP contribution in [0, 0.1) is 5.92 Å². The van der Waals surface area contributed by atoms with E-state index in [9.17, 15) is 9.59 Å². The Bertz CT molecular complexity index is 803. The number of nitrogens with one attached hydrogen (secondary N) is 2. The molecule has 1 saturated carbocycles. The Morgan fingerprint density at radius 1 is 1.11 bits per heavy atom. The highest BCUT2D eigenvalue weighted by Crippen LogP contribution is 2.35. The Balaban J connectivity index is 1.65. The van der Waals surface area contributed by atoms with Crippen LogP contribution in [0.3, 0.4) is 0 Å². The van der Waals surface area contributed by atoms with E-state index >= 15 is 0 Å². The first kappa shape index (κ1) is 20.1. The van der Waals surface area contributed by atoms with Gasteiger partial charge in [0, 0.05) is 30.4 Å². The lowest BCUT2D eigenvalue weighted by Crippen LogP contribution is -2.40. The SMILES string of the molecule is CCNC(=O)c1cccc(NC(=O)CN(Cc2ccccc2)C(C)C2CC2)c1. The number of carbonyl (C=O) groups is 2. The predicted molar refractivity (Wildman–Crippen MR) is 112 cm³/mol. The van der Waals surface area contributed by atoms with Crippen LogP contribution in [0.15, 0.2) is 54.6 Å². The van der Waals surface area contributed by atoms with E-state index in [1.165, 1.54) is 18.4 Å². The van der Waals surface area contributed by atoms with Gasteiger partial charge in [-0.25, -0.2) is 0 Å². The van der Waals surface area contributed by atoms with E-state index in [1.807, 2.05) is 31.2 Å². The van der Waals surface area contributed by atoms with Crippen molar-refractivity contribution in [1.82, 2.24) is 10.2 Å². The summed E-state index contributed by atoms with van der Waals surface area (Å²) >= 11 is 0. The number of rotatable bonds is 9. The zero-order valence-electron chi connectivity index (χ0n) is 16.7. The predicted octanol–water partition coefficient (Wildman–Crippen LogP) is 3.68. The Hall–Kier alpha value is -2.66. The molecule has 3 rings (SSSR count). The second-order valence-corrected chi connectivity index (χ2v) is 7.46. The van der Waals surface area contributed by atoms with Gasteiger partial charge in [-0.3, -0.25) is 14.5 Å². The summed E-state index contributed by atoms with van der Waals surface area (Å²) in [7, 11) is 0. The molecule has 0 aromatic heterocycles. The van der Waals surface area contributed by atoms with E-state index in [1.54, 1.807) is 18.2 Å². The topological polar surface area (TPSA) is 61.4 Å². The second-order valence-electron chi connectivity index (χ2n) is 7.46. The summed E-state index contributed by atoms with van der Waals surface area (Å²) in [6.45, 7) is 5.75. The highest BCUT2D eigenvalue weighted by Gasteiger charge is 2.32. The summed E-state index contributed by atoms with van der Waals surface area (Å²) in [5, 5.41) is 5.73. The number of hydrogen-bond acceptors (Lipinski definition) is 3. The van der Waals surface area contributed by atoms with Gasteiger partial charge in [0.15, 0.2) is 0 Å². The van der Waals surface area contributed by atoms with E-state index in [2.05, 4.69) is 34.6 Å². The minimum atomic E-state index is -0.133. The fourth-order valence-corrected chi connectivity index (χ4v) is 3.42. The van der Waals surface area contributed by atoms with Gasteiger partial charge in [-0.2, -0.15) is 0 Å². The third-order valence-electron chi connectivity index (χ3n) is 5.20. The molecule has 2 aromatic rings. The van der Waals surface area contributed by atoms with E-state index in [0.717, 1.165) is 6.54 Å². The average Bonchev–Trinajstić information content (AvgIpc) is 3.53. The quantitative estimate of drug-likeness (QED) is 0.699. The van der Waals surface area contributed by atoms with E-state index in [4.69, 9.17) is 0 Å². The largest absolute Gasteiger partial charge is 0.352 e. The molecule has 0 aliphatic heterocycles. The third kappa shape index (κ3) is 5.67. The van der Waals surface area contributed by atoms with Gasteiger partial charge in [0.1, 0.15) is 0 Å².